The van der Waals surface area contributed by atoms with Gasteiger partial charge in [-0.05, 0) is 31.0 Å². The molecule has 2 heterocycles. The molecule has 0 bridgehead atoms. The lowest BCUT2D eigenvalue weighted by molar-refractivity contribution is 0.100. The summed E-state index contributed by atoms with van der Waals surface area (Å²) in [6, 6.07) is 10.3. The first kappa shape index (κ1) is 25.3. The lowest BCUT2D eigenvalue weighted by Crippen LogP contribution is -2.43. The highest BCUT2D eigenvalue weighted by atomic mass is 19.1. The van der Waals surface area contributed by atoms with Crippen molar-refractivity contribution in [3.05, 3.63) is 60.2 Å². The van der Waals surface area contributed by atoms with Gasteiger partial charge in [-0.3, -0.25) is 9.78 Å². The number of carbonyl (C=O) groups is 1. The number of nitrogens with zero attached hydrogens (tertiary/aromatic N) is 2. The van der Waals surface area contributed by atoms with E-state index in [4.69, 9.17) is 20.9 Å². The molecule has 6 N–H and O–H groups in total. The standard InChI is InChI=1S/C26H31FN6O3/c1-35-10-11-36-23-9-5-2-6-18(23)16-12-17(15-30-14-16)31-25-19(24(29)34)13-20(27)26(33-25)32-22-8-4-3-7-21(22)28/h2,5-6,9,12-15,21-22H,3-4,7-8,10-11,28H2,1H3,(H2,29,34)(H2,31,32,33). The van der Waals surface area contributed by atoms with Gasteiger partial charge in [-0.25, -0.2) is 9.37 Å². The molecule has 1 amide bonds. The molecule has 2 aromatic heterocycles. The van der Waals surface area contributed by atoms with Crippen LogP contribution in [-0.4, -0.2) is 48.3 Å². The fraction of sp³-hybridized carbons (Fsp3) is 0.346. The van der Waals surface area contributed by atoms with E-state index in [0.29, 0.717) is 24.7 Å². The molecule has 2 unspecified atom stereocenters. The number of benzene rings is 1. The summed E-state index contributed by atoms with van der Waals surface area (Å²) < 4.78 is 25.7. The van der Waals surface area contributed by atoms with E-state index < -0.39 is 11.7 Å². The Kier molecular flexibility index (Phi) is 8.29. The van der Waals surface area contributed by atoms with E-state index >= 15 is 0 Å². The maximum atomic E-state index is 14.8. The molecule has 3 aromatic rings. The number of aromatic nitrogens is 2. The summed E-state index contributed by atoms with van der Waals surface area (Å²) in [6.07, 6.45) is 7.02. The third kappa shape index (κ3) is 6.07. The molecule has 1 aliphatic rings. The van der Waals surface area contributed by atoms with Crippen LogP contribution in [0, 0.1) is 5.82 Å². The quantitative estimate of drug-likeness (QED) is 0.312. The van der Waals surface area contributed by atoms with Crippen LogP contribution < -0.4 is 26.8 Å². The molecule has 1 aromatic carbocycles. The molecular weight excluding hydrogens is 463 g/mol. The van der Waals surface area contributed by atoms with Gasteiger partial charge in [-0.2, -0.15) is 0 Å². The van der Waals surface area contributed by atoms with Crippen LogP contribution in [0.3, 0.4) is 0 Å². The van der Waals surface area contributed by atoms with Crippen LogP contribution >= 0.6 is 0 Å². The van der Waals surface area contributed by atoms with Crippen molar-refractivity contribution in [3.63, 3.8) is 0 Å². The predicted octanol–water partition coefficient (Wildman–Crippen LogP) is 3.83. The van der Waals surface area contributed by atoms with Crippen LogP contribution in [-0.2, 0) is 4.74 Å². The van der Waals surface area contributed by atoms with Crippen LogP contribution in [0.1, 0.15) is 36.0 Å². The average molecular weight is 495 g/mol. The van der Waals surface area contributed by atoms with Crippen LogP contribution in [0.25, 0.3) is 11.1 Å². The van der Waals surface area contributed by atoms with Gasteiger partial charge in [0.2, 0.25) is 0 Å². The van der Waals surface area contributed by atoms with Gasteiger partial charge < -0.3 is 31.6 Å². The van der Waals surface area contributed by atoms with Crippen molar-refractivity contribution < 1.29 is 18.7 Å². The Bertz CT molecular complexity index is 1210. The molecule has 0 spiro atoms. The zero-order valence-corrected chi connectivity index (χ0v) is 20.2. The highest BCUT2D eigenvalue weighted by Gasteiger charge is 2.24. The van der Waals surface area contributed by atoms with E-state index in [1.54, 1.807) is 19.5 Å². The number of ether oxygens (including phenoxy) is 2. The largest absolute Gasteiger partial charge is 0.491 e. The van der Waals surface area contributed by atoms with E-state index in [9.17, 15) is 9.18 Å². The van der Waals surface area contributed by atoms with Crippen molar-refractivity contribution in [1.29, 1.82) is 0 Å². The second-order valence-electron chi connectivity index (χ2n) is 8.70. The van der Waals surface area contributed by atoms with Crippen molar-refractivity contribution in [3.8, 4) is 16.9 Å². The van der Waals surface area contributed by atoms with Crippen molar-refractivity contribution >= 4 is 23.2 Å². The number of methoxy groups -OCH3 is 1. The minimum atomic E-state index is -0.800. The monoisotopic (exact) mass is 494 g/mol. The Labute approximate surface area is 209 Å². The van der Waals surface area contributed by atoms with E-state index in [2.05, 4.69) is 20.6 Å². The van der Waals surface area contributed by atoms with E-state index in [1.807, 2.05) is 30.3 Å². The average Bonchev–Trinajstić information content (AvgIpc) is 2.87. The smallest absolute Gasteiger partial charge is 0.252 e. The summed E-state index contributed by atoms with van der Waals surface area (Å²) >= 11 is 0. The van der Waals surface area contributed by atoms with Crippen LogP contribution in [0.5, 0.6) is 5.75 Å². The molecule has 0 radical (unpaired) electrons. The highest BCUT2D eigenvalue weighted by molar-refractivity contribution is 5.98. The van der Waals surface area contributed by atoms with Gasteiger partial charge in [0.1, 0.15) is 18.2 Å². The van der Waals surface area contributed by atoms with Crippen molar-refractivity contribution in [2.45, 2.75) is 37.8 Å². The molecule has 0 saturated heterocycles. The van der Waals surface area contributed by atoms with Gasteiger partial charge in [0, 0.05) is 36.5 Å². The first-order chi connectivity index (χ1) is 17.5. The maximum Gasteiger partial charge on any atom is 0.252 e. The molecule has 1 aliphatic carbocycles. The van der Waals surface area contributed by atoms with Crippen LogP contribution in [0.15, 0.2) is 48.8 Å². The summed E-state index contributed by atoms with van der Waals surface area (Å²) in [7, 11) is 1.61. The van der Waals surface area contributed by atoms with Crippen LogP contribution in [0.4, 0.5) is 21.7 Å². The van der Waals surface area contributed by atoms with Crippen molar-refractivity contribution in [1.82, 2.24) is 9.97 Å². The number of nitrogens with two attached hydrogens (primary N) is 2. The first-order valence-corrected chi connectivity index (χ1v) is 11.9. The number of para-hydroxylation sites is 1. The lowest BCUT2D eigenvalue weighted by atomic mass is 9.91. The number of hydrogen-bond acceptors (Lipinski definition) is 8. The lowest BCUT2D eigenvalue weighted by Gasteiger charge is -2.30. The number of amides is 1. The third-order valence-electron chi connectivity index (χ3n) is 6.13. The second-order valence-corrected chi connectivity index (χ2v) is 8.70. The number of hydrogen-bond donors (Lipinski definition) is 4. The number of pyridine rings is 2. The van der Waals surface area contributed by atoms with Gasteiger partial charge in [0.05, 0.1) is 24.1 Å². The Morgan fingerprint density at radius 2 is 1.94 bits per heavy atom. The fourth-order valence-electron chi connectivity index (χ4n) is 4.25. The molecule has 0 aliphatic heterocycles. The summed E-state index contributed by atoms with van der Waals surface area (Å²) in [5.41, 5.74) is 13.8. The fourth-order valence-corrected chi connectivity index (χ4v) is 4.25. The van der Waals surface area contributed by atoms with Gasteiger partial charge in [0.25, 0.3) is 5.91 Å². The Morgan fingerprint density at radius 3 is 2.72 bits per heavy atom. The van der Waals surface area contributed by atoms with Gasteiger partial charge in [0.15, 0.2) is 11.6 Å². The third-order valence-corrected chi connectivity index (χ3v) is 6.13. The van der Waals surface area contributed by atoms with Gasteiger partial charge in [-0.1, -0.05) is 31.0 Å². The Balaban J connectivity index is 1.62. The zero-order valence-electron chi connectivity index (χ0n) is 20.2. The SMILES string of the molecule is COCCOc1ccccc1-c1cncc(Nc2nc(NC3CCCCC3N)c(F)cc2C(N)=O)c1. The first-order valence-electron chi connectivity index (χ1n) is 11.9. The number of halogens is 1. The van der Waals surface area contributed by atoms with Crippen LogP contribution in [0.2, 0.25) is 0 Å². The summed E-state index contributed by atoms with van der Waals surface area (Å²) in [5.74, 6) is -0.640. The molecule has 1 fully saturated rings. The summed E-state index contributed by atoms with van der Waals surface area (Å²) in [6.45, 7) is 0.864. The number of nitrogens with one attached hydrogen (secondary N) is 2. The highest BCUT2D eigenvalue weighted by Crippen LogP contribution is 2.32. The minimum absolute atomic E-state index is 0.0193. The number of primary amides is 1. The zero-order chi connectivity index (χ0) is 25.5. The Hall–Kier alpha value is -3.76. The molecule has 36 heavy (non-hydrogen) atoms. The van der Waals surface area contributed by atoms with Gasteiger partial charge in [-0.15, -0.1) is 0 Å². The number of rotatable bonds is 10. The van der Waals surface area contributed by atoms with E-state index in [-0.39, 0.29) is 29.3 Å². The van der Waals surface area contributed by atoms with Gasteiger partial charge >= 0.3 is 0 Å². The summed E-state index contributed by atoms with van der Waals surface area (Å²) in [4.78, 5) is 20.8. The van der Waals surface area contributed by atoms with E-state index in [1.165, 1.54) is 0 Å². The Morgan fingerprint density at radius 1 is 1.14 bits per heavy atom. The van der Waals surface area contributed by atoms with E-state index in [0.717, 1.165) is 42.9 Å². The predicted molar refractivity (Wildman–Crippen MR) is 137 cm³/mol. The molecule has 9 nitrogen and oxygen atoms in total. The van der Waals surface area contributed by atoms with Crippen molar-refractivity contribution in [2.75, 3.05) is 31.0 Å². The minimum Gasteiger partial charge on any atom is -0.491 e. The topological polar surface area (TPSA) is 137 Å². The maximum absolute atomic E-state index is 14.8. The second kappa shape index (κ2) is 11.8. The van der Waals surface area contributed by atoms with Crippen molar-refractivity contribution in [2.24, 2.45) is 11.5 Å². The number of carbonyl (C=O) groups excluding carboxylic acids is 1. The summed E-state index contributed by atoms with van der Waals surface area (Å²) in [5, 5.41) is 6.19. The molecular formula is C26H31FN6O3. The molecule has 4 rings (SSSR count). The molecule has 10 heteroatoms. The molecule has 2 atom stereocenters. The normalized spacial score (nSPS) is 17.4. The molecule has 1 saturated carbocycles. The molecule has 190 valence electrons. The number of anilines is 3.